The Morgan fingerprint density at radius 3 is 2.25 bits per heavy atom. The maximum absolute atomic E-state index is 12.3. The second-order valence-electron chi connectivity index (χ2n) is 5.36. The summed E-state index contributed by atoms with van der Waals surface area (Å²) in [6.07, 6.45) is 0.0742. The molecule has 0 amide bonds. The molecule has 0 aliphatic heterocycles. The second-order valence-corrected chi connectivity index (χ2v) is 5.36. The van der Waals surface area contributed by atoms with Gasteiger partial charge < -0.3 is 4.98 Å². The van der Waals surface area contributed by atoms with Gasteiger partial charge in [-0.1, -0.05) is 60.7 Å². The number of Topliss-reactive ketones (excluding diaryl/α,β-unsaturated/α-hetero) is 1. The van der Waals surface area contributed by atoms with Crippen molar-refractivity contribution in [1.29, 1.82) is 5.26 Å². The molecule has 0 unspecified atom stereocenters. The Labute approximate surface area is 139 Å². The molecule has 0 fully saturated rings. The standard InChI is InChI=1S/C20H14N2O2/c21-13-18-17(14-7-3-1-4-8-14)11-16(22-20(18)24)12-19(23)15-9-5-2-6-10-15/h1-11H,12H2,(H,22,24). The Morgan fingerprint density at radius 2 is 1.62 bits per heavy atom. The fourth-order valence-corrected chi connectivity index (χ4v) is 2.56. The van der Waals surface area contributed by atoms with Crippen LogP contribution in [0.4, 0.5) is 0 Å². The summed E-state index contributed by atoms with van der Waals surface area (Å²) in [5, 5.41) is 9.27. The number of carbonyl (C=O) groups excluding carboxylic acids is 1. The third-order valence-corrected chi connectivity index (χ3v) is 3.73. The van der Waals surface area contributed by atoms with E-state index >= 15 is 0 Å². The predicted octanol–water partition coefficient (Wildman–Crippen LogP) is 3.34. The van der Waals surface area contributed by atoms with Crippen LogP contribution in [0.15, 0.2) is 71.5 Å². The molecule has 0 atom stereocenters. The zero-order chi connectivity index (χ0) is 16.9. The first-order valence-corrected chi connectivity index (χ1v) is 7.49. The van der Waals surface area contributed by atoms with Crippen LogP contribution in [0.5, 0.6) is 0 Å². The van der Waals surface area contributed by atoms with Crippen molar-refractivity contribution in [3.8, 4) is 17.2 Å². The second kappa shape index (κ2) is 6.76. The van der Waals surface area contributed by atoms with Crippen molar-refractivity contribution >= 4 is 5.78 Å². The number of pyridine rings is 1. The number of aromatic amines is 1. The number of nitrogens with one attached hydrogen (secondary N) is 1. The average Bonchev–Trinajstić information content (AvgIpc) is 2.62. The van der Waals surface area contributed by atoms with Gasteiger partial charge in [-0.15, -0.1) is 0 Å². The Kier molecular flexibility index (Phi) is 4.35. The molecular formula is C20H14N2O2. The molecule has 0 saturated heterocycles. The van der Waals surface area contributed by atoms with E-state index in [0.717, 1.165) is 5.56 Å². The SMILES string of the molecule is N#Cc1c(-c2ccccc2)cc(CC(=O)c2ccccc2)[nH]c1=O. The summed E-state index contributed by atoms with van der Waals surface area (Å²) in [5.41, 5.74) is 1.97. The Morgan fingerprint density at radius 1 is 1.00 bits per heavy atom. The molecule has 0 saturated carbocycles. The molecule has 116 valence electrons. The van der Waals surface area contributed by atoms with Crippen molar-refractivity contribution in [2.24, 2.45) is 0 Å². The Balaban J connectivity index is 2.02. The molecule has 2 aromatic carbocycles. The quantitative estimate of drug-likeness (QED) is 0.751. The largest absolute Gasteiger partial charge is 0.325 e. The van der Waals surface area contributed by atoms with Crippen molar-refractivity contribution in [3.63, 3.8) is 0 Å². The number of aromatic nitrogens is 1. The van der Waals surface area contributed by atoms with Gasteiger partial charge in [0.15, 0.2) is 5.78 Å². The van der Waals surface area contributed by atoms with Crippen molar-refractivity contribution < 1.29 is 4.79 Å². The molecule has 0 spiro atoms. The van der Waals surface area contributed by atoms with E-state index in [0.29, 0.717) is 16.8 Å². The zero-order valence-corrected chi connectivity index (χ0v) is 12.8. The van der Waals surface area contributed by atoms with Crippen LogP contribution in [0.2, 0.25) is 0 Å². The first kappa shape index (κ1) is 15.4. The van der Waals surface area contributed by atoms with Crippen LogP contribution in [0.25, 0.3) is 11.1 Å². The summed E-state index contributed by atoms with van der Waals surface area (Å²) in [5.74, 6) is -0.0880. The van der Waals surface area contributed by atoms with E-state index in [4.69, 9.17) is 0 Å². The number of nitrogens with zero attached hydrogens (tertiary/aromatic N) is 1. The zero-order valence-electron chi connectivity index (χ0n) is 12.8. The molecule has 1 heterocycles. The summed E-state index contributed by atoms with van der Waals surface area (Å²) in [6, 6.07) is 21.8. The van der Waals surface area contributed by atoms with Crippen LogP contribution in [-0.2, 0) is 6.42 Å². The normalized spacial score (nSPS) is 10.1. The minimum Gasteiger partial charge on any atom is -0.325 e. The topological polar surface area (TPSA) is 73.7 Å². The fraction of sp³-hybridized carbons (Fsp3) is 0.0500. The lowest BCUT2D eigenvalue weighted by atomic mass is 9.99. The molecule has 4 nitrogen and oxygen atoms in total. The number of nitriles is 1. The average molecular weight is 314 g/mol. The van der Waals surface area contributed by atoms with Crippen LogP contribution >= 0.6 is 0 Å². The van der Waals surface area contributed by atoms with Crippen molar-refractivity contribution in [1.82, 2.24) is 4.98 Å². The first-order valence-electron chi connectivity index (χ1n) is 7.49. The summed E-state index contributed by atoms with van der Waals surface area (Å²) in [7, 11) is 0. The van der Waals surface area contributed by atoms with Gasteiger partial charge in [0.1, 0.15) is 11.6 Å². The molecule has 3 aromatic rings. The summed E-state index contributed by atoms with van der Waals surface area (Å²) in [4.78, 5) is 27.2. The number of benzene rings is 2. The number of hydrogen-bond acceptors (Lipinski definition) is 3. The van der Waals surface area contributed by atoms with E-state index in [9.17, 15) is 14.9 Å². The highest BCUT2D eigenvalue weighted by Crippen LogP contribution is 2.22. The fourth-order valence-electron chi connectivity index (χ4n) is 2.56. The number of hydrogen-bond donors (Lipinski definition) is 1. The molecule has 0 aliphatic carbocycles. The lowest BCUT2D eigenvalue weighted by Gasteiger charge is -2.07. The van der Waals surface area contributed by atoms with Crippen LogP contribution in [0.3, 0.4) is 0 Å². The maximum Gasteiger partial charge on any atom is 0.266 e. The van der Waals surface area contributed by atoms with Crippen molar-refractivity contribution in [2.75, 3.05) is 0 Å². The molecule has 4 heteroatoms. The number of carbonyl (C=O) groups is 1. The highest BCUT2D eigenvalue weighted by Gasteiger charge is 2.14. The number of H-pyrrole nitrogens is 1. The van der Waals surface area contributed by atoms with Crippen LogP contribution < -0.4 is 5.56 Å². The molecule has 0 bridgehead atoms. The van der Waals surface area contributed by atoms with E-state index < -0.39 is 5.56 Å². The molecule has 1 aromatic heterocycles. The van der Waals surface area contributed by atoms with Gasteiger partial charge in [-0.3, -0.25) is 9.59 Å². The highest BCUT2D eigenvalue weighted by molar-refractivity contribution is 5.97. The molecule has 3 rings (SSSR count). The third-order valence-electron chi connectivity index (χ3n) is 3.73. The number of rotatable bonds is 4. The lowest BCUT2D eigenvalue weighted by molar-refractivity contribution is 0.0992. The maximum atomic E-state index is 12.3. The number of ketones is 1. The molecular weight excluding hydrogens is 300 g/mol. The van der Waals surface area contributed by atoms with Gasteiger partial charge >= 0.3 is 0 Å². The van der Waals surface area contributed by atoms with Gasteiger partial charge in [-0.05, 0) is 11.6 Å². The highest BCUT2D eigenvalue weighted by atomic mass is 16.1. The smallest absolute Gasteiger partial charge is 0.266 e. The van der Waals surface area contributed by atoms with Gasteiger partial charge in [0.05, 0.1) is 6.42 Å². The van der Waals surface area contributed by atoms with Gasteiger partial charge in [-0.25, -0.2) is 0 Å². The van der Waals surface area contributed by atoms with E-state index in [1.54, 1.807) is 30.3 Å². The van der Waals surface area contributed by atoms with E-state index in [1.807, 2.05) is 42.5 Å². The van der Waals surface area contributed by atoms with Crippen LogP contribution in [0, 0.1) is 11.3 Å². The van der Waals surface area contributed by atoms with Gasteiger partial charge in [0, 0.05) is 16.8 Å². The monoisotopic (exact) mass is 314 g/mol. The molecule has 0 aliphatic rings. The van der Waals surface area contributed by atoms with E-state index in [1.165, 1.54) is 0 Å². The van der Waals surface area contributed by atoms with E-state index in [2.05, 4.69) is 4.98 Å². The first-order chi connectivity index (χ1) is 11.7. The minimum absolute atomic E-state index is 0.0529. The van der Waals surface area contributed by atoms with Crippen molar-refractivity contribution in [2.45, 2.75) is 6.42 Å². The lowest BCUT2D eigenvalue weighted by Crippen LogP contribution is -2.16. The summed E-state index contributed by atoms with van der Waals surface area (Å²) < 4.78 is 0. The van der Waals surface area contributed by atoms with Crippen LogP contribution in [-0.4, -0.2) is 10.8 Å². The predicted molar refractivity (Wildman–Crippen MR) is 91.7 cm³/mol. The Hall–Kier alpha value is -3.45. The van der Waals surface area contributed by atoms with Gasteiger partial charge in [-0.2, -0.15) is 5.26 Å². The molecule has 0 radical (unpaired) electrons. The minimum atomic E-state index is -0.477. The van der Waals surface area contributed by atoms with Crippen molar-refractivity contribution in [3.05, 3.63) is 93.9 Å². The Bertz CT molecular complexity index is 968. The summed E-state index contributed by atoms with van der Waals surface area (Å²) >= 11 is 0. The molecule has 24 heavy (non-hydrogen) atoms. The molecule has 1 N–H and O–H groups in total. The summed E-state index contributed by atoms with van der Waals surface area (Å²) in [6.45, 7) is 0. The van der Waals surface area contributed by atoms with Gasteiger partial charge in [0.2, 0.25) is 0 Å². The van der Waals surface area contributed by atoms with Crippen LogP contribution in [0.1, 0.15) is 21.6 Å². The van der Waals surface area contributed by atoms with E-state index in [-0.39, 0.29) is 17.8 Å². The van der Waals surface area contributed by atoms with Gasteiger partial charge in [0.25, 0.3) is 5.56 Å². The third kappa shape index (κ3) is 3.16.